The van der Waals surface area contributed by atoms with Crippen molar-refractivity contribution in [3.63, 3.8) is 0 Å². The molecule has 0 bridgehead atoms. The number of ether oxygens (including phenoxy) is 1. The van der Waals surface area contributed by atoms with E-state index in [1.54, 1.807) is 37.4 Å². The second kappa shape index (κ2) is 9.49. The molecular weight excluding hydrogens is 404 g/mol. The molecule has 0 saturated carbocycles. The molecule has 1 heterocycles. The summed E-state index contributed by atoms with van der Waals surface area (Å²) >= 11 is 1.26. The number of carbonyl (C=O) groups excluding carboxylic acids is 2. The van der Waals surface area contributed by atoms with Crippen LogP contribution in [-0.4, -0.2) is 24.7 Å². The third-order valence-electron chi connectivity index (χ3n) is 4.63. The Morgan fingerprint density at radius 1 is 1.20 bits per heavy atom. The Morgan fingerprint density at radius 3 is 2.70 bits per heavy atom. The van der Waals surface area contributed by atoms with Crippen molar-refractivity contribution in [2.45, 2.75) is 24.7 Å². The molecule has 30 heavy (non-hydrogen) atoms. The number of hydrogen-bond donors (Lipinski definition) is 2. The molecule has 0 unspecified atom stereocenters. The maximum atomic E-state index is 12.5. The average molecular weight is 426 g/mol. The first-order chi connectivity index (χ1) is 14.4. The standard InChI is InChI=1S/C22H22N2O5S/c1-13-15-8-7-14(28-2)11-18(15)29-22(27)16(13)9-10-21(26)24-17-5-3-4-6-19(17)30-12-20(23)25/h3-8,11H,9-10,12H2,1-2H3,(H2,23,25)(H,24,26). The Labute approximate surface area is 177 Å². The molecule has 2 amide bonds. The second-order valence-corrected chi connectivity index (χ2v) is 7.67. The predicted molar refractivity (Wildman–Crippen MR) is 117 cm³/mol. The zero-order chi connectivity index (χ0) is 21.7. The Bertz CT molecular complexity index is 1160. The largest absolute Gasteiger partial charge is 0.497 e. The van der Waals surface area contributed by atoms with Crippen molar-refractivity contribution in [2.75, 3.05) is 18.2 Å². The summed E-state index contributed by atoms with van der Waals surface area (Å²) in [6.07, 6.45) is 0.362. The van der Waals surface area contributed by atoms with Gasteiger partial charge in [-0.1, -0.05) is 12.1 Å². The topological polar surface area (TPSA) is 112 Å². The number of methoxy groups -OCH3 is 1. The number of fused-ring (bicyclic) bond motifs is 1. The van der Waals surface area contributed by atoms with Crippen LogP contribution in [-0.2, 0) is 16.0 Å². The highest BCUT2D eigenvalue weighted by Crippen LogP contribution is 2.27. The van der Waals surface area contributed by atoms with Gasteiger partial charge < -0.3 is 20.2 Å². The van der Waals surface area contributed by atoms with Gasteiger partial charge in [-0.15, -0.1) is 11.8 Å². The van der Waals surface area contributed by atoms with Crippen LogP contribution < -0.4 is 21.4 Å². The van der Waals surface area contributed by atoms with Crippen molar-refractivity contribution < 1.29 is 18.7 Å². The smallest absolute Gasteiger partial charge is 0.339 e. The molecule has 3 rings (SSSR count). The Kier molecular flexibility index (Phi) is 6.79. The van der Waals surface area contributed by atoms with Gasteiger partial charge in [-0.05, 0) is 43.2 Å². The summed E-state index contributed by atoms with van der Waals surface area (Å²) in [7, 11) is 1.55. The first kappa shape index (κ1) is 21.4. The minimum absolute atomic E-state index is 0.113. The summed E-state index contributed by atoms with van der Waals surface area (Å²) in [4.78, 5) is 36.7. The summed E-state index contributed by atoms with van der Waals surface area (Å²) in [5, 5.41) is 3.64. The molecule has 1 aromatic heterocycles. The molecule has 0 aliphatic carbocycles. The Balaban J connectivity index is 1.73. The molecule has 0 fully saturated rings. The molecule has 0 saturated heterocycles. The number of nitrogens with one attached hydrogen (secondary N) is 1. The lowest BCUT2D eigenvalue weighted by atomic mass is 10.0. The number of anilines is 1. The van der Waals surface area contributed by atoms with Gasteiger partial charge in [0.15, 0.2) is 0 Å². The fraction of sp³-hybridized carbons (Fsp3) is 0.227. The Morgan fingerprint density at radius 2 is 1.97 bits per heavy atom. The number of benzene rings is 2. The molecule has 0 aliphatic heterocycles. The number of para-hydroxylation sites is 1. The number of primary amides is 1. The van der Waals surface area contributed by atoms with E-state index in [1.807, 2.05) is 19.1 Å². The first-order valence-corrected chi connectivity index (χ1v) is 10.3. The zero-order valence-corrected chi connectivity index (χ0v) is 17.5. The molecule has 0 atom stereocenters. The van der Waals surface area contributed by atoms with Crippen molar-refractivity contribution in [3.05, 3.63) is 64.0 Å². The van der Waals surface area contributed by atoms with E-state index in [0.717, 1.165) is 15.8 Å². The van der Waals surface area contributed by atoms with E-state index >= 15 is 0 Å². The first-order valence-electron chi connectivity index (χ1n) is 9.29. The highest BCUT2D eigenvalue weighted by atomic mass is 32.2. The van der Waals surface area contributed by atoms with E-state index in [-0.39, 0.29) is 24.5 Å². The van der Waals surface area contributed by atoms with Crippen molar-refractivity contribution in [3.8, 4) is 5.75 Å². The third kappa shape index (κ3) is 5.01. The van der Waals surface area contributed by atoms with Gasteiger partial charge in [0.25, 0.3) is 0 Å². The minimum atomic E-state index is -0.460. The minimum Gasteiger partial charge on any atom is -0.497 e. The highest BCUT2D eigenvalue weighted by Gasteiger charge is 2.14. The molecule has 7 nitrogen and oxygen atoms in total. The molecule has 3 N–H and O–H groups in total. The monoisotopic (exact) mass is 426 g/mol. The van der Waals surface area contributed by atoms with E-state index in [2.05, 4.69) is 5.32 Å². The number of hydrogen-bond acceptors (Lipinski definition) is 6. The second-order valence-electron chi connectivity index (χ2n) is 6.65. The number of aryl methyl sites for hydroxylation is 1. The van der Waals surface area contributed by atoms with Gasteiger partial charge in [-0.25, -0.2) is 4.79 Å². The van der Waals surface area contributed by atoms with Crippen molar-refractivity contribution in [2.24, 2.45) is 5.73 Å². The van der Waals surface area contributed by atoms with Crippen LogP contribution >= 0.6 is 11.8 Å². The average Bonchev–Trinajstić information content (AvgIpc) is 2.72. The lowest BCUT2D eigenvalue weighted by Gasteiger charge is -2.11. The maximum absolute atomic E-state index is 12.5. The van der Waals surface area contributed by atoms with Crippen molar-refractivity contribution in [1.29, 1.82) is 0 Å². The summed E-state index contributed by atoms with van der Waals surface area (Å²) in [6.45, 7) is 1.84. The van der Waals surface area contributed by atoms with Gasteiger partial charge in [0.2, 0.25) is 11.8 Å². The number of amides is 2. The molecule has 2 aromatic carbocycles. The molecule has 3 aromatic rings. The molecule has 0 radical (unpaired) electrons. The van der Waals surface area contributed by atoms with Crippen LogP contribution in [0.4, 0.5) is 5.69 Å². The van der Waals surface area contributed by atoms with Crippen LogP contribution in [0.1, 0.15) is 17.5 Å². The van der Waals surface area contributed by atoms with E-state index < -0.39 is 11.5 Å². The lowest BCUT2D eigenvalue weighted by Crippen LogP contribution is -2.17. The van der Waals surface area contributed by atoms with Crippen LogP contribution in [0.25, 0.3) is 11.0 Å². The van der Waals surface area contributed by atoms with Gasteiger partial charge in [0.05, 0.1) is 18.6 Å². The highest BCUT2D eigenvalue weighted by molar-refractivity contribution is 8.00. The summed E-state index contributed by atoms with van der Waals surface area (Å²) < 4.78 is 10.6. The fourth-order valence-corrected chi connectivity index (χ4v) is 3.83. The van der Waals surface area contributed by atoms with E-state index in [1.165, 1.54) is 11.8 Å². The van der Waals surface area contributed by atoms with E-state index in [4.69, 9.17) is 14.9 Å². The number of thioether (sulfide) groups is 1. The van der Waals surface area contributed by atoms with Crippen LogP contribution in [0.2, 0.25) is 0 Å². The molecule has 8 heteroatoms. The molecule has 156 valence electrons. The van der Waals surface area contributed by atoms with Crippen LogP contribution in [0.3, 0.4) is 0 Å². The molecule has 0 spiro atoms. The van der Waals surface area contributed by atoms with Gasteiger partial charge in [-0.3, -0.25) is 9.59 Å². The van der Waals surface area contributed by atoms with E-state index in [0.29, 0.717) is 22.6 Å². The lowest BCUT2D eigenvalue weighted by molar-refractivity contribution is -0.116. The van der Waals surface area contributed by atoms with Gasteiger partial charge in [0, 0.05) is 28.3 Å². The molecular formula is C22H22N2O5S. The van der Waals surface area contributed by atoms with Crippen LogP contribution in [0.15, 0.2) is 56.6 Å². The predicted octanol–water partition coefficient (Wildman–Crippen LogP) is 3.26. The fourth-order valence-electron chi connectivity index (χ4n) is 3.09. The van der Waals surface area contributed by atoms with Crippen LogP contribution in [0.5, 0.6) is 5.75 Å². The van der Waals surface area contributed by atoms with E-state index in [9.17, 15) is 14.4 Å². The number of nitrogens with two attached hydrogens (primary N) is 1. The summed E-state index contributed by atoms with van der Waals surface area (Å²) in [5.41, 5.74) is 7.04. The van der Waals surface area contributed by atoms with Gasteiger partial charge in [0.1, 0.15) is 11.3 Å². The number of rotatable bonds is 8. The summed E-state index contributed by atoms with van der Waals surface area (Å²) in [6, 6.07) is 12.5. The Hall–Kier alpha value is -3.26. The van der Waals surface area contributed by atoms with Gasteiger partial charge in [-0.2, -0.15) is 0 Å². The maximum Gasteiger partial charge on any atom is 0.339 e. The number of carbonyl (C=O) groups is 2. The normalized spacial score (nSPS) is 10.7. The van der Waals surface area contributed by atoms with Crippen LogP contribution in [0, 0.1) is 6.92 Å². The summed E-state index contributed by atoms with van der Waals surface area (Å²) in [5.74, 6) is 0.0488. The third-order valence-corrected chi connectivity index (χ3v) is 5.72. The SMILES string of the molecule is COc1ccc2c(C)c(CCC(=O)Nc3ccccc3SCC(N)=O)c(=O)oc2c1. The quantitative estimate of drug-likeness (QED) is 0.422. The zero-order valence-electron chi connectivity index (χ0n) is 16.7. The van der Waals surface area contributed by atoms with Gasteiger partial charge >= 0.3 is 5.63 Å². The van der Waals surface area contributed by atoms with Crippen molar-refractivity contribution >= 4 is 40.2 Å². The molecule has 0 aliphatic rings. The van der Waals surface area contributed by atoms with Crippen molar-refractivity contribution in [1.82, 2.24) is 0 Å².